The van der Waals surface area contributed by atoms with Crippen LogP contribution in [-0.2, 0) is 0 Å². The Labute approximate surface area is 226 Å². The SMILES string of the molecule is Fc1ccccc1-c1cccc2[nH]c(-c3n[nH]c4ccc(C5=CNC=CC(CN6CCCCC6)=C5)cc34)nc12. The summed E-state index contributed by atoms with van der Waals surface area (Å²) in [5, 5.41) is 12.1. The van der Waals surface area contributed by atoms with Crippen molar-refractivity contribution in [3.05, 3.63) is 102 Å². The Balaban J connectivity index is 1.26. The maximum Gasteiger partial charge on any atom is 0.159 e. The fourth-order valence-corrected chi connectivity index (χ4v) is 5.64. The number of nitrogens with one attached hydrogen (secondary N) is 3. The molecule has 7 heteroatoms. The van der Waals surface area contributed by atoms with Crippen LogP contribution >= 0.6 is 0 Å². The second-order valence-electron chi connectivity index (χ2n) is 10.3. The van der Waals surface area contributed by atoms with E-state index in [1.165, 1.54) is 30.9 Å². The molecule has 2 aliphatic heterocycles. The number of H-pyrrole nitrogens is 2. The zero-order valence-corrected chi connectivity index (χ0v) is 21.5. The summed E-state index contributed by atoms with van der Waals surface area (Å²) in [6.07, 6.45) is 12.4. The smallest absolute Gasteiger partial charge is 0.159 e. The van der Waals surface area contributed by atoms with Gasteiger partial charge in [-0.05, 0) is 79.1 Å². The van der Waals surface area contributed by atoms with Gasteiger partial charge in [-0.3, -0.25) is 10.00 Å². The molecule has 194 valence electrons. The number of aromatic nitrogens is 4. The van der Waals surface area contributed by atoms with Gasteiger partial charge >= 0.3 is 0 Å². The highest BCUT2D eigenvalue weighted by atomic mass is 19.1. The molecule has 0 saturated carbocycles. The number of piperidine rings is 1. The number of fused-ring (bicyclic) bond motifs is 2. The van der Waals surface area contributed by atoms with Crippen LogP contribution in [0.1, 0.15) is 24.8 Å². The predicted octanol–water partition coefficient (Wildman–Crippen LogP) is 6.78. The molecule has 2 aromatic heterocycles. The first-order chi connectivity index (χ1) is 19.2. The molecule has 5 aromatic rings. The van der Waals surface area contributed by atoms with E-state index in [0.29, 0.717) is 11.4 Å². The van der Waals surface area contributed by atoms with E-state index in [1.807, 2.05) is 36.7 Å². The zero-order chi connectivity index (χ0) is 26.2. The van der Waals surface area contributed by atoms with E-state index in [2.05, 4.69) is 55.7 Å². The number of allylic oxidation sites excluding steroid dienone is 2. The number of aromatic amines is 2. The van der Waals surface area contributed by atoms with Gasteiger partial charge in [0.25, 0.3) is 0 Å². The Morgan fingerprint density at radius 3 is 2.67 bits per heavy atom. The molecule has 0 radical (unpaired) electrons. The van der Waals surface area contributed by atoms with Crippen LogP contribution in [0.2, 0.25) is 0 Å². The topological polar surface area (TPSA) is 72.6 Å². The van der Waals surface area contributed by atoms with Crippen LogP contribution in [0.15, 0.2) is 90.8 Å². The Hall–Kier alpha value is -4.49. The fraction of sp³-hybridized carbons (Fsp3) is 0.188. The summed E-state index contributed by atoms with van der Waals surface area (Å²) in [6.45, 7) is 3.29. The summed E-state index contributed by atoms with van der Waals surface area (Å²) in [5.74, 6) is 0.380. The lowest BCUT2D eigenvalue weighted by molar-refractivity contribution is 0.248. The molecule has 3 aromatic carbocycles. The van der Waals surface area contributed by atoms with E-state index in [4.69, 9.17) is 4.98 Å². The molecule has 6 nitrogen and oxygen atoms in total. The minimum Gasteiger partial charge on any atom is -0.367 e. The predicted molar refractivity (Wildman–Crippen MR) is 155 cm³/mol. The van der Waals surface area contributed by atoms with Crippen LogP contribution in [0.25, 0.3) is 50.2 Å². The number of benzene rings is 3. The number of likely N-dealkylation sites (tertiary alicyclic amines) is 1. The molecule has 7 rings (SSSR count). The van der Waals surface area contributed by atoms with Crippen molar-refractivity contribution in [2.24, 2.45) is 0 Å². The van der Waals surface area contributed by atoms with Gasteiger partial charge in [0.05, 0.1) is 16.6 Å². The molecular formula is C32H29FN6. The van der Waals surface area contributed by atoms with E-state index >= 15 is 0 Å². The lowest BCUT2D eigenvalue weighted by Crippen LogP contribution is -2.31. The number of hydrogen-bond donors (Lipinski definition) is 3. The molecule has 0 bridgehead atoms. The van der Waals surface area contributed by atoms with Gasteiger partial charge in [-0.15, -0.1) is 0 Å². The van der Waals surface area contributed by atoms with E-state index < -0.39 is 0 Å². The lowest BCUT2D eigenvalue weighted by Gasteiger charge is -2.26. The third kappa shape index (κ3) is 4.55. The van der Waals surface area contributed by atoms with Crippen LogP contribution in [-0.4, -0.2) is 44.7 Å². The van der Waals surface area contributed by atoms with Crippen molar-refractivity contribution in [1.82, 2.24) is 30.4 Å². The van der Waals surface area contributed by atoms with Gasteiger partial charge in [-0.1, -0.05) is 42.8 Å². The standard InChI is InChI=1S/C32H29FN6/c33-27-9-3-2-7-24(27)25-8-6-10-29-30(25)36-32(35-29)31-26-18-22(11-12-28(26)37-38-31)23-17-21(13-14-34-19-23)20-39-15-4-1-5-16-39/h2-3,6-14,17-19,34H,1,4-5,15-16,20H2,(H,35,36)(H,37,38). The third-order valence-corrected chi connectivity index (χ3v) is 7.63. The quantitative estimate of drug-likeness (QED) is 0.241. The van der Waals surface area contributed by atoms with Gasteiger partial charge in [0, 0.05) is 35.5 Å². The van der Waals surface area contributed by atoms with Crippen molar-refractivity contribution in [1.29, 1.82) is 0 Å². The first kappa shape index (κ1) is 23.6. The largest absolute Gasteiger partial charge is 0.367 e. The highest BCUT2D eigenvalue weighted by Crippen LogP contribution is 2.33. The summed E-state index contributed by atoms with van der Waals surface area (Å²) < 4.78 is 14.6. The Bertz CT molecular complexity index is 1770. The number of nitrogens with zero attached hydrogens (tertiary/aromatic N) is 3. The monoisotopic (exact) mass is 516 g/mol. The number of rotatable bonds is 5. The molecule has 1 saturated heterocycles. The molecule has 0 amide bonds. The van der Waals surface area contributed by atoms with Crippen LogP contribution in [0.3, 0.4) is 0 Å². The molecule has 1 fully saturated rings. The van der Waals surface area contributed by atoms with Crippen molar-refractivity contribution >= 4 is 27.5 Å². The molecule has 0 spiro atoms. The van der Waals surface area contributed by atoms with Crippen molar-refractivity contribution in [3.63, 3.8) is 0 Å². The average molecular weight is 517 g/mol. The number of halogens is 1. The maximum atomic E-state index is 14.6. The molecule has 4 heterocycles. The summed E-state index contributed by atoms with van der Waals surface area (Å²) >= 11 is 0. The second-order valence-corrected chi connectivity index (χ2v) is 10.3. The van der Waals surface area contributed by atoms with Crippen LogP contribution in [0.5, 0.6) is 0 Å². The van der Waals surface area contributed by atoms with Gasteiger partial charge in [-0.25, -0.2) is 9.37 Å². The van der Waals surface area contributed by atoms with Crippen LogP contribution in [0.4, 0.5) is 4.39 Å². The molecule has 0 unspecified atom stereocenters. The molecule has 39 heavy (non-hydrogen) atoms. The van der Waals surface area contributed by atoms with Crippen LogP contribution < -0.4 is 5.32 Å². The zero-order valence-electron chi connectivity index (χ0n) is 21.5. The van der Waals surface area contributed by atoms with Crippen LogP contribution in [0, 0.1) is 5.82 Å². The lowest BCUT2D eigenvalue weighted by atomic mass is 10.0. The maximum absolute atomic E-state index is 14.6. The highest BCUT2D eigenvalue weighted by Gasteiger charge is 2.18. The minimum atomic E-state index is -0.267. The van der Waals surface area contributed by atoms with Gasteiger partial charge in [0.15, 0.2) is 5.82 Å². The summed E-state index contributed by atoms with van der Waals surface area (Å²) in [4.78, 5) is 10.8. The van der Waals surface area contributed by atoms with Crippen molar-refractivity contribution < 1.29 is 4.39 Å². The Morgan fingerprint density at radius 2 is 1.77 bits per heavy atom. The number of imidazole rings is 1. The summed E-state index contributed by atoms with van der Waals surface area (Å²) in [5.41, 5.74) is 8.02. The van der Waals surface area contributed by atoms with E-state index in [-0.39, 0.29) is 5.82 Å². The Kier molecular flexibility index (Phi) is 6.06. The first-order valence-electron chi connectivity index (χ1n) is 13.5. The van der Waals surface area contributed by atoms with Gasteiger partial charge in [0.2, 0.25) is 0 Å². The fourth-order valence-electron chi connectivity index (χ4n) is 5.64. The molecular weight excluding hydrogens is 487 g/mol. The molecule has 2 aliphatic rings. The van der Waals surface area contributed by atoms with E-state index in [9.17, 15) is 4.39 Å². The van der Waals surface area contributed by atoms with Gasteiger partial charge < -0.3 is 10.3 Å². The normalized spacial score (nSPS) is 16.2. The van der Waals surface area contributed by atoms with Gasteiger partial charge in [-0.2, -0.15) is 5.10 Å². The first-order valence-corrected chi connectivity index (χ1v) is 13.5. The van der Waals surface area contributed by atoms with Crippen molar-refractivity contribution in [2.75, 3.05) is 19.6 Å². The molecule has 0 aliphatic carbocycles. The van der Waals surface area contributed by atoms with Crippen molar-refractivity contribution in [3.8, 4) is 22.6 Å². The van der Waals surface area contributed by atoms with Crippen molar-refractivity contribution in [2.45, 2.75) is 19.3 Å². The molecule has 0 atom stereocenters. The average Bonchev–Trinajstić information content (AvgIpc) is 3.52. The highest BCUT2D eigenvalue weighted by molar-refractivity contribution is 5.98. The second kappa shape index (κ2) is 10.0. The summed E-state index contributed by atoms with van der Waals surface area (Å²) in [6, 6.07) is 18.9. The number of para-hydroxylation sites is 1. The number of hydrogen-bond acceptors (Lipinski definition) is 4. The Morgan fingerprint density at radius 1 is 0.897 bits per heavy atom. The van der Waals surface area contributed by atoms with E-state index in [1.54, 1.807) is 12.1 Å². The molecule has 3 N–H and O–H groups in total. The van der Waals surface area contributed by atoms with Gasteiger partial charge in [0.1, 0.15) is 11.5 Å². The minimum absolute atomic E-state index is 0.267. The van der Waals surface area contributed by atoms with E-state index in [0.717, 1.165) is 64.0 Å². The summed E-state index contributed by atoms with van der Waals surface area (Å²) in [7, 11) is 0. The third-order valence-electron chi connectivity index (χ3n) is 7.63.